The first-order valence-electron chi connectivity index (χ1n) is 8.07. The van der Waals surface area contributed by atoms with Crippen molar-refractivity contribution >= 4 is 11.9 Å². The maximum absolute atomic E-state index is 12.8. The molecule has 0 radical (unpaired) electrons. The minimum atomic E-state index is -0.944. The number of ether oxygens (including phenoxy) is 1. The number of carbonyl (C=O) groups excluding carboxylic acids is 1. The molecule has 1 aliphatic heterocycles. The van der Waals surface area contributed by atoms with Gasteiger partial charge in [0.1, 0.15) is 0 Å². The molecule has 1 atom stereocenters. The van der Waals surface area contributed by atoms with Crippen molar-refractivity contribution in [2.45, 2.75) is 26.4 Å². The lowest BCUT2D eigenvalue weighted by Crippen LogP contribution is -2.46. The van der Waals surface area contributed by atoms with E-state index in [2.05, 4.69) is 10.3 Å². The molecular weight excluding hydrogens is 324 g/mol. The van der Waals surface area contributed by atoms with Crippen LogP contribution >= 0.6 is 0 Å². The maximum Gasteiger partial charge on any atom is 0.306 e. The van der Waals surface area contributed by atoms with Crippen LogP contribution < -0.4 is 0 Å². The molecule has 8 heteroatoms. The quantitative estimate of drug-likeness (QED) is 0.895. The van der Waals surface area contributed by atoms with E-state index in [1.807, 2.05) is 31.2 Å². The van der Waals surface area contributed by atoms with Gasteiger partial charge < -0.3 is 14.7 Å². The van der Waals surface area contributed by atoms with Crippen LogP contribution in [0.1, 0.15) is 28.2 Å². The molecule has 1 aromatic heterocycles. The first-order chi connectivity index (χ1) is 12.0. The third kappa shape index (κ3) is 3.69. The zero-order valence-corrected chi connectivity index (χ0v) is 14.2. The molecular formula is C17H20N4O4. The van der Waals surface area contributed by atoms with Crippen molar-refractivity contribution in [3.8, 4) is 5.69 Å². The summed E-state index contributed by atoms with van der Waals surface area (Å²) in [5, 5.41) is 17.0. The Kier molecular flexibility index (Phi) is 4.80. The van der Waals surface area contributed by atoms with Crippen molar-refractivity contribution in [2.24, 2.45) is 0 Å². The number of benzene rings is 1. The molecule has 1 amide bonds. The Hall–Kier alpha value is -2.74. The summed E-state index contributed by atoms with van der Waals surface area (Å²) >= 11 is 0. The molecule has 1 N–H and O–H groups in total. The van der Waals surface area contributed by atoms with Crippen molar-refractivity contribution in [3.63, 3.8) is 0 Å². The molecule has 8 nitrogen and oxygen atoms in total. The molecule has 1 unspecified atom stereocenters. The second kappa shape index (κ2) is 7.02. The van der Waals surface area contributed by atoms with E-state index in [4.69, 9.17) is 9.84 Å². The maximum atomic E-state index is 12.8. The number of aromatic nitrogens is 3. The number of carboxylic acids is 1. The monoisotopic (exact) mass is 344 g/mol. The Morgan fingerprint density at radius 2 is 2.00 bits per heavy atom. The Morgan fingerprint density at radius 1 is 1.28 bits per heavy atom. The van der Waals surface area contributed by atoms with Gasteiger partial charge in [-0.1, -0.05) is 22.9 Å². The minimum Gasteiger partial charge on any atom is -0.481 e. The number of morpholine rings is 1. The van der Waals surface area contributed by atoms with Gasteiger partial charge in [-0.05, 0) is 26.0 Å². The van der Waals surface area contributed by atoms with Crippen LogP contribution in [0.15, 0.2) is 24.3 Å². The molecule has 132 valence electrons. The summed E-state index contributed by atoms with van der Waals surface area (Å²) in [4.78, 5) is 25.2. The van der Waals surface area contributed by atoms with Crippen LogP contribution in [0.5, 0.6) is 0 Å². The summed E-state index contributed by atoms with van der Waals surface area (Å²) in [7, 11) is 0. The number of aryl methyl sites for hydroxylation is 1. The second-order valence-corrected chi connectivity index (χ2v) is 6.11. The van der Waals surface area contributed by atoms with Crippen LogP contribution in [0, 0.1) is 13.8 Å². The lowest BCUT2D eigenvalue weighted by atomic mass is 10.2. The van der Waals surface area contributed by atoms with Crippen molar-refractivity contribution in [3.05, 3.63) is 41.2 Å². The fraction of sp³-hybridized carbons (Fsp3) is 0.412. The van der Waals surface area contributed by atoms with Crippen LogP contribution in [-0.2, 0) is 9.53 Å². The molecule has 0 spiro atoms. The van der Waals surface area contributed by atoms with Gasteiger partial charge in [-0.15, -0.1) is 5.10 Å². The van der Waals surface area contributed by atoms with E-state index in [0.717, 1.165) is 11.3 Å². The van der Waals surface area contributed by atoms with E-state index in [1.165, 1.54) is 0 Å². The number of carbonyl (C=O) groups is 2. The Labute approximate surface area is 145 Å². The van der Waals surface area contributed by atoms with Crippen LogP contribution in [-0.4, -0.2) is 62.7 Å². The van der Waals surface area contributed by atoms with E-state index >= 15 is 0 Å². The van der Waals surface area contributed by atoms with Gasteiger partial charge in [0.15, 0.2) is 5.69 Å². The third-order valence-corrected chi connectivity index (χ3v) is 4.20. The van der Waals surface area contributed by atoms with Gasteiger partial charge in [-0.3, -0.25) is 9.59 Å². The molecule has 0 aliphatic carbocycles. The number of rotatable bonds is 4. The standard InChI is InChI=1S/C17H20N4O4/c1-11-3-5-13(6-4-11)21-12(2)16(18-19-21)17(24)20-7-8-25-14(10-20)9-15(22)23/h3-6,14H,7-10H2,1-2H3,(H,22,23). The van der Waals surface area contributed by atoms with Gasteiger partial charge in [0, 0.05) is 13.1 Å². The number of nitrogens with zero attached hydrogens (tertiary/aromatic N) is 4. The topological polar surface area (TPSA) is 97.5 Å². The molecule has 25 heavy (non-hydrogen) atoms. The molecule has 0 saturated carbocycles. The van der Waals surface area contributed by atoms with Gasteiger partial charge >= 0.3 is 5.97 Å². The minimum absolute atomic E-state index is 0.126. The molecule has 1 saturated heterocycles. The number of amides is 1. The van der Waals surface area contributed by atoms with Gasteiger partial charge in [0.2, 0.25) is 0 Å². The number of hydrogen-bond donors (Lipinski definition) is 1. The summed E-state index contributed by atoms with van der Waals surface area (Å²) in [5.41, 5.74) is 2.89. The van der Waals surface area contributed by atoms with E-state index < -0.39 is 12.1 Å². The Morgan fingerprint density at radius 3 is 2.68 bits per heavy atom. The van der Waals surface area contributed by atoms with Crippen molar-refractivity contribution in [2.75, 3.05) is 19.7 Å². The van der Waals surface area contributed by atoms with Crippen LogP contribution in [0.2, 0.25) is 0 Å². The summed E-state index contributed by atoms with van der Waals surface area (Å²) in [6.45, 7) is 4.75. The highest BCUT2D eigenvalue weighted by molar-refractivity contribution is 5.93. The second-order valence-electron chi connectivity index (χ2n) is 6.11. The van der Waals surface area contributed by atoms with Crippen LogP contribution in [0.25, 0.3) is 5.69 Å². The van der Waals surface area contributed by atoms with Gasteiger partial charge in [0.25, 0.3) is 5.91 Å². The zero-order valence-electron chi connectivity index (χ0n) is 14.2. The normalized spacial score (nSPS) is 17.5. The fourth-order valence-corrected chi connectivity index (χ4v) is 2.83. The predicted molar refractivity (Wildman–Crippen MR) is 88.7 cm³/mol. The summed E-state index contributed by atoms with van der Waals surface area (Å²) in [5.74, 6) is -1.20. The highest BCUT2D eigenvalue weighted by Gasteiger charge is 2.29. The number of aliphatic carboxylic acids is 1. The molecule has 1 aromatic carbocycles. The first kappa shape index (κ1) is 17.1. The van der Waals surface area contributed by atoms with Gasteiger partial charge in [-0.25, -0.2) is 4.68 Å². The molecule has 1 aliphatic rings. The molecule has 1 fully saturated rings. The average molecular weight is 344 g/mol. The largest absolute Gasteiger partial charge is 0.481 e. The fourth-order valence-electron chi connectivity index (χ4n) is 2.83. The zero-order chi connectivity index (χ0) is 18.0. The number of carboxylic acid groups (broad SMARTS) is 1. The highest BCUT2D eigenvalue weighted by atomic mass is 16.5. The summed E-state index contributed by atoms with van der Waals surface area (Å²) in [6, 6.07) is 7.78. The smallest absolute Gasteiger partial charge is 0.306 e. The van der Waals surface area contributed by atoms with Crippen molar-refractivity contribution in [1.82, 2.24) is 19.9 Å². The molecule has 3 rings (SSSR count). The SMILES string of the molecule is Cc1ccc(-n2nnc(C(=O)N3CCOC(CC(=O)O)C3)c2C)cc1. The van der Waals surface area contributed by atoms with Crippen molar-refractivity contribution < 1.29 is 19.4 Å². The van der Waals surface area contributed by atoms with Crippen LogP contribution in [0.3, 0.4) is 0 Å². The van der Waals surface area contributed by atoms with Crippen LogP contribution in [0.4, 0.5) is 0 Å². The Bertz CT molecular complexity index is 784. The Balaban J connectivity index is 1.79. The van der Waals surface area contributed by atoms with Crippen molar-refractivity contribution in [1.29, 1.82) is 0 Å². The summed E-state index contributed by atoms with van der Waals surface area (Å²) in [6.07, 6.45) is -0.624. The van der Waals surface area contributed by atoms with E-state index in [1.54, 1.807) is 16.5 Å². The molecule has 2 heterocycles. The summed E-state index contributed by atoms with van der Waals surface area (Å²) < 4.78 is 7.03. The van der Waals surface area contributed by atoms with Gasteiger partial charge in [-0.2, -0.15) is 0 Å². The predicted octanol–water partition coefficient (Wildman–Crippen LogP) is 1.20. The van der Waals surface area contributed by atoms with E-state index in [0.29, 0.717) is 18.8 Å². The van der Waals surface area contributed by atoms with E-state index in [9.17, 15) is 9.59 Å². The lowest BCUT2D eigenvalue weighted by Gasteiger charge is -2.31. The average Bonchev–Trinajstić information content (AvgIpc) is 2.96. The first-order valence-corrected chi connectivity index (χ1v) is 8.07. The van der Waals surface area contributed by atoms with E-state index in [-0.39, 0.29) is 24.6 Å². The highest BCUT2D eigenvalue weighted by Crippen LogP contribution is 2.17. The third-order valence-electron chi connectivity index (χ3n) is 4.20. The van der Waals surface area contributed by atoms with Gasteiger partial charge in [0.05, 0.1) is 30.5 Å². The number of hydrogen-bond acceptors (Lipinski definition) is 5. The molecule has 0 bridgehead atoms. The molecule has 2 aromatic rings. The lowest BCUT2D eigenvalue weighted by molar-refractivity contribution is -0.141.